The Bertz CT molecular complexity index is 553. The quantitative estimate of drug-likeness (QED) is 0.659. The van der Waals surface area contributed by atoms with Crippen molar-refractivity contribution in [2.45, 2.75) is 13.5 Å². The number of nitro groups is 1. The number of hydrogen-bond donors (Lipinski definition) is 1. The summed E-state index contributed by atoms with van der Waals surface area (Å²) in [5.74, 6) is 0. The van der Waals surface area contributed by atoms with Crippen LogP contribution in [0.15, 0.2) is 48.5 Å². The minimum atomic E-state index is -0.358. The predicted octanol–water partition coefficient (Wildman–Crippen LogP) is 3.52. The van der Waals surface area contributed by atoms with Gasteiger partial charge in [0.1, 0.15) is 0 Å². The van der Waals surface area contributed by atoms with Crippen molar-refractivity contribution in [2.24, 2.45) is 0 Å². The highest BCUT2D eigenvalue weighted by Gasteiger charge is 2.10. The molecule has 0 aliphatic heterocycles. The van der Waals surface area contributed by atoms with Crippen LogP contribution in [0.3, 0.4) is 0 Å². The summed E-state index contributed by atoms with van der Waals surface area (Å²) in [7, 11) is 0. The van der Waals surface area contributed by atoms with Crippen LogP contribution in [-0.4, -0.2) is 4.92 Å². The van der Waals surface area contributed by atoms with E-state index in [1.54, 1.807) is 19.1 Å². The molecule has 0 spiro atoms. The molecule has 4 heteroatoms. The Hall–Kier alpha value is -2.36. The molecule has 0 fully saturated rings. The number of nitro benzene ring substituents is 1. The lowest BCUT2D eigenvalue weighted by Gasteiger charge is -2.07. The fourth-order valence-electron chi connectivity index (χ4n) is 1.72. The first-order valence-electron chi connectivity index (χ1n) is 5.69. The number of benzene rings is 2. The predicted molar refractivity (Wildman–Crippen MR) is 71.6 cm³/mol. The van der Waals surface area contributed by atoms with Crippen molar-refractivity contribution in [3.63, 3.8) is 0 Å². The van der Waals surface area contributed by atoms with Gasteiger partial charge >= 0.3 is 0 Å². The second-order valence-electron chi connectivity index (χ2n) is 4.10. The smallest absolute Gasteiger partial charge is 0.274 e. The fourth-order valence-corrected chi connectivity index (χ4v) is 1.72. The maximum absolute atomic E-state index is 10.8. The third-order valence-corrected chi connectivity index (χ3v) is 2.75. The van der Waals surface area contributed by atoms with Crippen molar-refractivity contribution in [2.75, 3.05) is 5.32 Å². The maximum Gasteiger partial charge on any atom is 0.274 e. The highest BCUT2D eigenvalue weighted by molar-refractivity contribution is 5.55. The van der Waals surface area contributed by atoms with Crippen molar-refractivity contribution in [3.8, 4) is 0 Å². The van der Waals surface area contributed by atoms with Crippen LogP contribution in [0.4, 0.5) is 11.4 Å². The molecule has 92 valence electrons. The van der Waals surface area contributed by atoms with Crippen LogP contribution in [-0.2, 0) is 6.54 Å². The molecule has 0 unspecified atom stereocenters. The van der Waals surface area contributed by atoms with Gasteiger partial charge in [-0.15, -0.1) is 0 Å². The van der Waals surface area contributed by atoms with Gasteiger partial charge in [0.15, 0.2) is 0 Å². The molecule has 2 aromatic carbocycles. The molecular weight excluding hydrogens is 228 g/mol. The molecule has 0 radical (unpaired) electrons. The fraction of sp³-hybridized carbons (Fsp3) is 0.143. The SMILES string of the molecule is Cc1ccc(NCc2ccccc2)cc1[N+](=O)[O-]. The Morgan fingerprint density at radius 1 is 1.17 bits per heavy atom. The monoisotopic (exact) mass is 242 g/mol. The molecule has 0 aliphatic carbocycles. The van der Waals surface area contributed by atoms with Crippen molar-refractivity contribution in [3.05, 3.63) is 69.8 Å². The second kappa shape index (κ2) is 5.31. The van der Waals surface area contributed by atoms with Crippen LogP contribution in [0, 0.1) is 17.0 Å². The Labute approximate surface area is 105 Å². The topological polar surface area (TPSA) is 55.2 Å². The van der Waals surface area contributed by atoms with E-state index in [2.05, 4.69) is 5.32 Å². The summed E-state index contributed by atoms with van der Waals surface area (Å²) in [6, 6.07) is 15.1. The van der Waals surface area contributed by atoms with Crippen LogP contribution in [0.1, 0.15) is 11.1 Å². The molecule has 1 N–H and O–H groups in total. The van der Waals surface area contributed by atoms with Crippen molar-refractivity contribution < 1.29 is 4.92 Å². The summed E-state index contributed by atoms with van der Waals surface area (Å²) in [5, 5.41) is 14.0. The van der Waals surface area contributed by atoms with E-state index < -0.39 is 0 Å². The van der Waals surface area contributed by atoms with E-state index in [0.29, 0.717) is 12.1 Å². The minimum absolute atomic E-state index is 0.146. The number of nitrogens with one attached hydrogen (secondary N) is 1. The molecule has 18 heavy (non-hydrogen) atoms. The molecule has 0 saturated carbocycles. The van der Waals surface area contributed by atoms with Gasteiger partial charge in [-0.1, -0.05) is 36.4 Å². The van der Waals surface area contributed by atoms with Crippen LogP contribution >= 0.6 is 0 Å². The molecule has 0 aromatic heterocycles. The highest BCUT2D eigenvalue weighted by Crippen LogP contribution is 2.22. The number of aryl methyl sites for hydroxylation is 1. The Morgan fingerprint density at radius 2 is 1.89 bits per heavy atom. The van der Waals surface area contributed by atoms with E-state index in [1.165, 1.54) is 0 Å². The van der Waals surface area contributed by atoms with Crippen molar-refractivity contribution in [1.82, 2.24) is 0 Å². The van der Waals surface area contributed by atoms with Crippen LogP contribution in [0.25, 0.3) is 0 Å². The van der Waals surface area contributed by atoms with Gasteiger partial charge in [-0.25, -0.2) is 0 Å². The third-order valence-electron chi connectivity index (χ3n) is 2.75. The van der Waals surface area contributed by atoms with E-state index in [9.17, 15) is 10.1 Å². The average Bonchev–Trinajstić information content (AvgIpc) is 2.38. The standard InChI is InChI=1S/C14H14N2O2/c1-11-7-8-13(9-14(11)16(17)18)15-10-12-5-3-2-4-6-12/h2-9,15H,10H2,1H3. The normalized spacial score (nSPS) is 10.1. The molecule has 0 heterocycles. The summed E-state index contributed by atoms with van der Waals surface area (Å²) in [4.78, 5) is 10.5. The molecular formula is C14H14N2O2. The first kappa shape index (κ1) is 12.1. The summed E-state index contributed by atoms with van der Waals surface area (Å²) in [5.41, 5.74) is 2.72. The average molecular weight is 242 g/mol. The summed E-state index contributed by atoms with van der Waals surface area (Å²) in [6.07, 6.45) is 0. The Balaban J connectivity index is 2.11. The molecule has 0 bridgehead atoms. The lowest BCUT2D eigenvalue weighted by Crippen LogP contribution is -2.00. The Kier molecular flexibility index (Phi) is 3.57. The zero-order valence-electron chi connectivity index (χ0n) is 10.1. The van der Waals surface area contributed by atoms with Gasteiger partial charge in [0.25, 0.3) is 5.69 Å². The third kappa shape index (κ3) is 2.85. The van der Waals surface area contributed by atoms with Gasteiger partial charge in [-0.05, 0) is 18.6 Å². The minimum Gasteiger partial charge on any atom is -0.381 e. The van der Waals surface area contributed by atoms with Gasteiger partial charge in [0, 0.05) is 23.9 Å². The zero-order chi connectivity index (χ0) is 13.0. The van der Waals surface area contributed by atoms with E-state index in [1.807, 2.05) is 36.4 Å². The van der Waals surface area contributed by atoms with E-state index in [-0.39, 0.29) is 10.6 Å². The molecule has 0 amide bonds. The van der Waals surface area contributed by atoms with Crippen LogP contribution < -0.4 is 5.32 Å². The van der Waals surface area contributed by atoms with Gasteiger partial charge in [-0.3, -0.25) is 10.1 Å². The molecule has 4 nitrogen and oxygen atoms in total. The first-order valence-corrected chi connectivity index (χ1v) is 5.69. The summed E-state index contributed by atoms with van der Waals surface area (Å²) >= 11 is 0. The number of nitrogens with zero attached hydrogens (tertiary/aromatic N) is 1. The zero-order valence-corrected chi connectivity index (χ0v) is 10.1. The van der Waals surface area contributed by atoms with E-state index in [0.717, 1.165) is 11.3 Å². The number of rotatable bonds is 4. The molecule has 0 atom stereocenters. The maximum atomic E-state index is 10.8. The molecule has 0 saturated heterocycles. The van der Waals surface area contributed by atoms with E-state index in [4.69, 9.17) is 0 Å². The van der Waals surface area contributed by atoms with Gasteiger partial charge in [0.2, 0.25) is 0 Å². The largest absolute Gasteiger partial charge is 0.381 e. The highest BCUT2D eigenvalue weighted by atomic mass is 16.6. The lowest BCUT2D eigenvalue weighted by atomic mass is 10.1. The molecule has 2 rings (SSSR count). The van der Waals surface area contributed by atoms with Crippen LogP contribution in [0.5, 0.6) is 0 Å². The van der Waals surface area contributed by atoms with Gasteiger partial charge < -0.3 is 5.32 Å². The van der Waals surface area contributed by atoms with Crippen molar-refractivity contribution in [1.29, 1.82) is 0 Å². The summed E-state index contributed by atoms with van der Waals surface area (Å²) in [6.45, 7) is 2.39. The molecule has 0 aliphatic rings. The lowest BCUT2D eigenvalue weighted by molar-refractivity contribution is -0.385. The first-order chi connectivity index (χ1) is 8.66. The second-order valence-corrected chi connectivity index (χ2v) is 4.10. The van der Waals surface area contributed by atoms with Gasteiger partial charge in [0.05, 0.1) is 4.92 Å². The Morgan fingerprint density at radius 3 is 2.56 bits per heavy atom. The van der Waals surface area contributed by atoms with Crippen LogP contribution in [0.2, 0.25) is 0 Å². The van der Waals surface area contributed by atoms with Crippen molar-refractivity contribution >= 4 is 11.4 Å². The van der Waals surface area contributed by atoms with E-state index >= 15 is 0 Å². The number of anilines is 1. The van der Waals surface area contributed by atoms with Gasteiger partial charge in [-0.2, -0.15) is 0 Å². The summed E-state index contributed by atoms with van der Waals surface area (Å²) < 4.78 is 0. The molecule has 2 aromatic rings. The number of hydrogen-bond acceptors (Lipinski definition) is 3.